The Hall–Kier alpha value is -3.78. The van der Waals surface area contributed by atoms with E-state index in [1.54, 1.807) is 18.2 Å². The van der Waals surface area contributed by atoms with Gasteiger partial charge in [-0.05, 0) is 87.7 Å². The molecule has 5 heteroatoms. The lowest BCUT2D eigenvalue weighted by molar-refractivity contribution is -0.112. The van der Waals surface area contributed by atoms with Crippen molar-refractivity contribution in [3.8, 4) is 17.5 Å². The van der Waals surface area contributed by atoms with Crippen LogP contribution in [0.25, 0.3) is 11.8 Å². The van der Waals surface area contributed by atoms with Crippen LogP contribution in [0.5, 0.6) is 5.75 Å². The van der Waals surface area contributed by atoms with E-state index in [0.29, 0.717) is 5.69 Å². The van der Waals surface area contributed by atoms with E-state index in [-0.39, 0.29) is 11.3 Å². The van der Waals surface area contributed by atoms with Gasteiger partial charge in [0.2, 0.25) is 0 Å². The highest BCUT2D eigenvalue weighted by Gasteiger charge is 2.16. The molecule has 1 aromatic heterocycles. The maximum absolute atomic E-state index is 12.6. The zero-order valence-electron chi connectivity index (χ0n) is 17.9. The van der Waals surface area contributed by atoms with E-state index in [1.165, 1.54) is 28.8 Å². The van der Waals surface area contributed by atoms with E-state index >= 15 is 0 Å². The van der Waals surface area contributed by atoms with Crippen molar-refractivity contribution in [3.05, 3.63) is 81.7 Å². The molecule has 3 aromatic rings. The topological polar surface area (TPSA) is 78.0 Å². The molecular weight excluding hydrogens is 374 g/mol. The fourth-order valence-electron chi connectivity index (χ4n) is 3.85. The molecule has 0 radical (unpaired) electrons. The van der Waals surface area contributed by atoms with Crippen molar-refractivity contribution in [2.24, 2.45) is 0 Å². The molecule has 3 rings (SSSR count). The van der Waals surface area contributed by atoms with Crippen LogP contribution in [0.15, 0.2) is 48.0 Å². The molecule has 0 atom stereocenters. The molecule has 0 saturated heterocycles. The van der Waals surface area contributed by atoms with Gasteiger partial charge in [0.1, 0.15) is 17.4 Å². The first-order chi connectivity index (χ1) is 14.2. The van der Waals surface area contributed by atoms with E-state index in [2.05, 4.69) is 42.8 Å². The number of hydrogen-bond acceptors (Lipinski definition) is 3. The quantitative estimate of drug-likeness (QED) is 0.356. The first-order valence-corrected chi connectivity index (χ1v) is 9.70. The van der Waals surface area contributed by atoms with Crippen LogP contribution in [0.4, 0.5) is 5.69 Å². The minimum Gasteiger partial charge on any atom is -0.508 e. The summed E-state index contributed by atoms with van der Waals surface area (Å²) in [6, 6.07) is 14.4. The fraction of sp³-hybridized carbons (Fsp3) is 0.200. The van der Waals surface area contributed by atoms with Crippen molar-refractivity contribution in [3.63, 3.8) is 0 Å². The van der Waals surface area contributed by atoms with Crippen molar-refractivity contribution in [2.45, 2.75) is 34.6 Å². The highest BCUT2D eigenvalue weighted by Crippen LogP contribution is 2.28. The number of carbonyl (C=O) groups excluding carboxylic acids is 1. The minimum atomic E-state index is -0.490. The molecule has 0 aliphatic rings. The van der Waals surface area contributed by atoms with Gasteiger partial charge < -0.3 is 15.0 Å². The second-order valence-electron chi connectivity index (χ2n) is 7.58. The summed E-state index contributed by atoms with van der Waals surface area (Å²) in [5.41, 5.74) is 8.04. The number of amides is 1. The number of anilines is 1. The van der Waals surface area contributed by atoms with Gasteiger partial charge in [-0.3, -0.25) is 4.79 Å². The lowest BCUT2D eigenvalue weighted by Crippen LogP contribution is -2.13. The van der Waals surface area contributed by atoms with Gasteiger partial charge in [0, 0.05) is 17.1 Å². The molecule has 2 N–H and O–H groups in total. The molecule has 30 heavy (non-hydrogen) atoms. The standard InChI is InChI=1S/C25H25N3O2/c1-15-10-16(2)24(17(3)11-15)28-18(4)12-20(19(28)5)13-21(14-26)25(30)27-22-6-8-23(29)9-7-22/h6-13,29H,1-5H3,(H,27,30)/b21-13-. The average Bonchev–Trinajstić information content (AvgIpc) is 2.94. The average molecular weight is 399 g/mol. The summed E-state index contributed by atoms with van der Waals surface area (Å²) in [5, 5.41) is 21.6. The number of phenols is 1. The Bertz CT molecular complexity index is 1170. The second kappa shape index (κ2) is 8.30. The summed E-state index contributed by atoms with van der Waals surface area (Å²) in [6.07, 6.45) is 1.62. The van der Waals surface area contributed by atoms with Gasteiger partial charge in [0.25, 0.3) is 5.91 Å². The first-order valence-electron chi connectivity index (χ1n) is 9.70. The molecule has 1 amide bonds. The molecular formula is C25H25N3O2. The number of carbonyl (C=O) groups is 1. The largest absolute Gasteiger partial charge is 0.508 e. The van der Waals surface area contributed by atoms with Gasteiger partial charge >= 0.3 is 0 Å². The van der Waals surface area contributed by atoms with E-state index in [4.69, 9.17) is 0 Å². The van der Waals surface area contributed by atoms with Gasteiger partial charge in [0.05, 0.1) is 5.69 Å². The summed E-state index contributed by atoms with van der Waals surface area (Å²) in [5.74, 6) is -0.381. The Labute approximate surface area is 176 Å². The third-order valence-corrected chi connectivity index (χ3v) is 5.12. The summed E-state index contributed by atoms with van der Waals surface area (Å²) in [4.78, 5) is 12.6. The number of aryl methyl sites for hydroxylation is 4. The van der Waals surface area contributed by atoms with Crippen molar-refractivity contribution in [1.29, 1.82) is 5.26 Å². The maximum atomic E-state index is 12.6. The van der Waals surface area contributed by atoms with Crippen LogP contribution in [-0.2, 0) is 4.79 Å². The van der Waals surface area contributed by atoms with Crippen LogP contribution >= 0.6 is 0 Å². The monoisotopic (exact) mass is 399 g/mol. The number of phenolic OH excluding ortho intramolecular Hbond substituents is 1. The van der Waals surface area contributed by atoms with E-state index in [0.717, 1.165) is 22.6 Å². The zero-order valence-corrected chi connectivity index (χ0v) is 17.9. The lowest BCUT2D eigenvalue weighted by Gasteiger charge is -2.17. The zero-order chi connectivity index (χ0) is 22.0. The van der Waals surface area contributed by atoms with Crippen molar-refractivity contribution >= 4 is 17.7 Å². The number of nitriles is 1. The normalized spacial score (nSPS) is 11.3. The number of nitrogens with zero attached hydrogens (tertiary/aromatic N) is 2. The number of benzene rings is 2. The SMILES string of the molecule is Cc1cc(C)c(-n2c(C)cc(/C=C(/C#N)C(=O)Nc3ccc(O)cc3)c2C)c(C)c1. The minimum absolute atomic E-state index is 0.0145. The summed E-state index contributed by atoms with van der Waals surface area (Å²) in [7, 11) is 0. The number of nitrogens with one attached hydrogen (secondary N) is 1. The van der Waals surface area contributed by atoms with Crippen LogP contribution in [0.1, 0.15) is 33.6 Å². The van der Waals surface area contributed by atoms with Gasteiger partial charge in [0.15, 0.2) is 0 Å². The Balaban J connectivity index is 1.99. The third-order valence-electron chi connectivity index (χ3n) is 5.12. The van der Waals surface area contributed by atoms with E-state index < -0.39 is 5.91 Å². The van der Waals surface area contributed by atoms with Gasteiger partial charge in [-0.1, -0.05) is 17.7 Å². The smallest absolute Gasteiger partial charge is 0.266 e. The molecule has 152 valence electrons. The molecule has 1 heterocycles. The summed E-state index contributed by atoms with van der Waals surface area (Å²) in [6.45, 7) is 10.3. The molecule has 5 nitrogen and oxygen atoms in total. The van der Waals surface area contributed by atoms with Crippen molar-refractivity contribution in [2.75, 3.05) is 5.32 Å². The Kier molecular flexibility index (Phi) is 5.79. The number of rotatable bonds is 4. The molecule has 0 fully saturated rings. The highest BCUT2D eigenvalue weighted by molar-refractivity contribution is 6.09. The molecule has 0 spiro atoms. The molecule has 2 aromatic carbocycles. The first kappa shape index (κ1) is 20.9. The third kappa shape index (κ3) is 4.13. The predicted molar refractivity (Wildman–Crippen MR) is 120 cm³/mol. The van der Waals surface area contributed by atoms with Crippen molar-refractivity contribution in [1.82, 2.24) is 4.57 Å². The number of aromatic nitrogens is 1. The van der Waals surface area contributed by atoms with Crippen LogP contribution in [0.2, 0.25) is 0 Å². The lowest BCUT2D eigenvalue weighted by atomic mass is 10.0. The molecule has 0 aliphatic carbocycles. The van der Waals surface area contributed by atoms with Crippen LogP contribution in [0.3, 0.4) is 0 Å². The van der Waals surface area contributed by atoms with Crippen LogP contribution < -0.4 is 5.32 Å². The molecule has 0 aliphatic heterocycles. The Morgan fingerprint density at radius 3 is 2.20 bits per heavy atom. The van der Waals surface area contributed by atoms with Gasteiger partial charge in [-0.15, -0.1) is 0 Å². The number of hydrogen-bond donors (Lipinski definition) is 2. The van der Waals surface area contributed by atoms with Gasteiger partial charge in [-0.2, -0.15) is 5.26 Å². The van der Waals surface area contributed by atoms with Crippen LogP contribution in [-0.4, -0.2) is 15.6 Å². The van der Waals surface area contributed by atoms with E-state index in [9.17, 15) is 15.2 Å². The predicted octanol–water partition coefficient (Wildman–Crippen LogP) is 5.27. The highest BCUT2D eigenvalue weighted by atomic mass is 16.3. The second-order valence-corrected chi connectivity index (χ2v) is 7.58. The van der Waals surface area contributed by atoms with E-state index in [1.807, 2.05) is 26.0 Å². The van der Waals surface area contributed by atoms with Crippen LogP contribution in [0, 0.1) is 45.9 Å². The molecule has 0 unspecified atom stereocenters. The fourth-order valence-corrected chi connectivity index (χ4v) is 3.85. The van der Waals surface area contributed by atoms with Crippen molar-refractivity contribution < 1.29 is 9.90 Å². The summed E-state index contributed by atoms with van der Waals surface area (Å²) >= 11 is 0. The Morgan fingerprint density at radius 2 is 1.63 bits per heavy atom. The maximum Gasteiger partial charge on any atom is 0.266 e. The number of aromatic hydroxyl groups is 1. The van der Waals surface area contributed by atoms with Gasteiger partial charge in [-0.25, -0.2) is 0 Å². The molecule has 0 saturated carbocycles. The summed E-state index contributed by atoms with van der Waals surface area (Å²) < 4.78 is 2.17. The molecule has 0 bridgehead atoms. The Morgan fingerprint density at radius 1 is 1.03 bits per heavy atom.